The Morgan fingerprint density at radius 3 is 2.41 bits per heavy atom. The predicted molar refractivity (Wildman–Crippen MR) is 90.9 cm³/mol. The third-order valence-electron chi connectivity index (χ3n) is 5.41. The first-order chi connectivity index (χ1) is 10.5. The lowest BCUT2D eigenvalue weighted by molar-refractivity contribution is -0.00299. The lowest BCUT2D eigenvalue weighted by Crippen LogP contribution is -2.49. The molecule has 122 valence electrons. The zero-order chi connectivity index (χ0) is 15.7. The minimum atomic E-state index is -0.112. The Bertz CT molecular complexity index is 522. The number of aryl methyl sites for hydroxylation is 1. The summed E-state index contributed by atoms with van der Waals surface area (Å²) in [4.78, 5) is 4.97. The first-order valence-corrected chi connectivity index (χ1v) is 8.76. The van der Waals surface area contributed by atoms with Gasteiger partial charge in [-0.1, -0.05) is 24.1 Å². The highest BCUT2D eigenvalue weighted by Crippen LogP contribution is 2.25. The van der Waals surface area contributed by atoms with Gasteiger partial charge in [-0.2, -0.15) is 0 Å². The summed E-state index contributed by atoms with van der Waals surface area (Å²) < 4.78 is 0. The van der Waals surface area contributed by atoms with Crippen LogP contribution in [0.2, 0.25) is 0 Å². The summed E-state index contributed by atoms with van der Waals surface area (Å²) in [6.45, 7) is 11.8. The van der Waals surface area contributed by atoms with E-state index in [1.165, 1.54) is 48.1 Å². The Labute approximate surface area is 134 Å². The second-order valence-electron chi connectivity index (χ2n) is 7.37. The molecule has 0 aliphatic carbocycles. The quantitative estimate of drug-likeness (QED) is 0.926. The standard InChI is InChI=1S/C19H30N2O/c1-14-8-17(10-20-12-19(22)13-20)16(3)18(9-14)11-21-7-5-4-6-15(21)2/h8-9,15,19,22H,4-7,10-13H2,1-3H3. The average molecular weight is 302 g/mol. The van der Waals surface area contributed by atoms with Crippen LogP contribution in [0.25, 0.3) is 0 Å². The van der Waals surface area contributed by atoms with E-state index in [9.17, 15) is 5.11 Å². The molecule has 1 aromatic rings. The molecule has 0 bridgehead atoms. The third kappa shape index (κ3) is 3.53. The van der Waals surface area contributed by atoms with Crippen LogP contribution in [0, 0.1) is 13.8 Å². The first kappa shape index (κ1) is 16.0. The molecule has 0 spiro atoms. The Hall–Kier alpha value is -0.900. The summed E-state index contributed by atoms with van der Waals surface area (Å²) in [5, 5.41) is 9.47. The third-order valence-corrected chi connectivity index (χ3v) is 5.41. The number of aliphatic hydroxyl groups is 1. The summed E-state index contributed by atoms with van der Waals surface area (Å²) >= 11 is 0. The zero-order valence-electron chi connectivity index (χ0n) is 14.3. The molecule has 2 aliphatic heterocycles. The summed E-state index contributed by atoms with van der Waals surface area (Å²) in [6, 6.07) is 5.40. The molecular weight excluding hydrogens is 272 g/mol. The van der Waals surface area contributed by atoms with Crippen molar-refractivity contribution in [1.82, 2.24) is 9.80 Å². The molecule has 2 heterocycles. The highest BCUT2D eigenvalue weighted by atomic mass is 16.3. The highest BCUT2D eigenvalue weighted by molar-refractivity contribution is 5.38. The largest absolute Gasteiger partial charge is 0.390 e. The van der Waals surface area contributed by atoms with Crippen LogP contribution < -0.4 is 0 Å². The van der Waals surface area contributed by atoms with Crippen LogP contribution in [-0.4, -0.2) is 46.7 Å². The Kier molecular flexibility index (Phi) is 4.86. The maximum Gasteiger partial charge on any atom is 0.0794 e. The number of benzene rings is 1. The fourth-order valence-corrected chi connectivity index (χ4v) is 3.87. The van der Waals surface area contributed by atoms with E-state index in [1.807, 2.05) is 0 Å². The van der Waals surface area contributed by atoms with Crippen molar-refractivity contribution in [3.8, 4) is 0 Å². The minimum absolute atomic E-state index is 0.112. The summed E-state index contributed by atoms with van der Waals surface area (Å²) in [5.74, 6) is 0. The molecule has 1 atom stereocenters. The van der Waals surface area contributed by atoms with Crippen molar-refractivity contribution in [3.63, 3.8) is 0 Å². The molecule has 1 unspecified atom stereocenters. The highest BCUT2D eigenvalue weighted by Gasteiger charge is 2.25. The minimum Gasteiger partial charge on any atom is -0.390 e. The molecule has 22 heavy (non-hydrogen) atoms. The topological polar surface area (TPSA) is 26.7 Å². The van der Waals surface area contributed by atoms with Crippen LogP contribution in [-0.2, 0) is 13.1 Å². The number of aliphatic hydroxyl groups excluding tert-OH is 1. The maximum absolute atomic E-state index is 9.47. The average Bonchev–Trinajstić information content (AvgIpc) is 2.44. The van der Waals surface area contributed by atoms with Gasteiger partial charge in [-0.15, -0.1) is 0 Å². The number of likely N-dealkylation sites (tertiary alicyclic amines) is 2. The van der Waals surface area contributed by atoms with Crippen molar-refractivity contribution in [3.05, 3.63) is 34.4 Å². The molecule has 0 aromatic heterocycles. The number of piperidine rings is 1. The van der Waals surface area contributed by atoms with Gasteiger partial charge < -0.3 is 5.11 Å². The molecule has 0 amide bonds. The van der Waals surface area contributed by atoms with Crippen LogP contribution >= 0.6 is 0 Å². The van der Waals surface area contributed by atoms with Crippen molar-refractivity contribution in [2.45, 2.75) is 65.3 Å². The molecule has 0 radical (unpaired) electrons. The Morgan fingerprint density at radius 1 is 1.09 bits per heavy atom. The number of β-amino-alcohol motifs (C(OH)–C–C–N with tert-alkyl or cyclic N) is 1. The van der Waals surface area contributed by atoms with Crippen LogP contribution in [0.3, 0.4) is 0 Å². The normalized spacial score (nSPS) is 24.5. The van der Waals surface area contributed by atoms with Crippen LogP contribution in [0.15, 0.2) is 12.1 Å². The fraction of sp³-hybridized carbons (Fsp3) is 0.684. The van der Waals surface area contributed by atoms with Crippen LogP contribution in [0.5, 0.6) is 0 Å². The van der Waals surface area contributed by atoms with Crippen LogP contribution in [0.4, 0.5) is 0 Å². The molecule has 3 rings (SSSR count). The summed E-state index contributed by atoms with van der Waals surface area (Å²) in [5.41, 5.74) is 5.74. The molecule has 3 nitrogen and oxygen atoms in total. The van der Waals surface area contributed by atoms with Gasteiger partial charge in [0.15, 0.2) is 0 Å². The van der Waals surface area contributed by atoms with E-state index in [1.54, 1.807) is 0 Å². The van der Waals surface area contributed by atoms with E-state index in [0.29, 0.717) is 6.04 Å². The van der Waals surface area contributed by atoms with Gasteiger partial charge in [-0.05, 0) is 56.8 Å². The van der Waals surface area contributed by atoms with Gasteiger partial charge in [-0.25, -0.2) is 0 Å². The lowest BCUT2D eigenvalue weighted by atomic mass is 9.95. The van der Waals surface area contributed by atoms with Gasteiger partial charge in [0.1, 0.15) is 0 Å². The van der Waals surface area contributed by atoms with Crippen molar-refractivity contribution >= 4 is 0 Å². The van der Waals surface area contributed by atoms with E-state index in [2.05, 4.69) is 42.7 Å². The fourth-order valence-electron chi connectivity index (χ4n) is 3.87. The van der Waals surface area contributed by atoms with Gasteiger partial charge in [0, 0.05) is 32.2 Å². The molecular formula is C19H30N2O. The molecule has 2 saturated heterocycles. The predicted octanol–water partition coefficient (Wildman–Crippen LogP) is 2.85. The van der Waals surface area contributed by atoms with Crippen LogP contribution in [0.1, 0.15) is 48.4 Å². The number of nitrogens with zero attached hydrogens (tertiary/aromatic N) is 2. The molecule has 0 saturated carbocycles. The summed E-state index contributed by atoms with van der Waals surface area (Å²) in [7, 11) is 0. The van der Waals surface area contributed by atoms with E-state index in [0.717, 1.165) is 26.2 Å². The molecule has 1 aromatic carbocycles. The van der Waals surface area contributed by atoms with Gasteiger partial charge in [0.05, 0.1) is 6.10 Å². The van der Waals surface area contributed by atoms with Gasteiger partial charge >= 0.3 is 0 Å². The maximum atomic E-state index is 9.47. The van der Waals surface area contributed by atoms with Crippen molar-refractivity contribution in [2.75, 3.05) is 19.6 Å². The Morgan fingerprint density at radius 2 is 1.77 bits per heavy atom. The van der Waals surface area contributed by atoms with E-state index in [4.69, 9.17) is 0 Å². The van der Waals surface area contributed by atoms with E-state index < -0.39 is 0 Å². The molecule has 1 N–H and O–H groups in total. The molecule has 2 aliphatic rings. The first-order valence-electron chi connectivity index (χ1n) is 8.76. The molecule has 2 fully saturated rings. The Balaban J connectivity index is 1.74. The van der Waals surface area contributed by atoms with Gasteiger partial charge in [0.25, 0.3) is 0 Å². The number of hydrogen-bond acceptors (Lipinski definition) is 3. The lowest BCUT2D eigenvalue weighted by Gasteiger charge is -2.37. The van der Waals surface area contributed by atoms with Gasteiger partial charge in [-0.3, -0.25) is 9.80 Å². The van der Waals surface area contributed by atoms with Crippen molar-refractivity contribution in [2.24, 2.45) is 0 Å². The smallest absolute Gasteiger partial charge is 0.0794 e. The monoisotopic (exact) mass is 302 g/mol. The molecule has 3 heteroatoms. The number of rotatable bonds is 4. The van der Waals surface area contributed by atoms with Gasteiger partial charge in [0.2, 0.25) is 0 Å². The number of hydrogen-bond donors (Lipinski definition) is 1. The van der Waals surface area contributed by atoms with E-state index in [-0.39, 0.29) is 6.10 Å². The summed E-state index contributed by atoms with van der Waals surface area (Å²) in [6.07, 6.45) is 3.95. The van der Waals surface area contributed by atoms with E-state index >= 15 is 0 Å². The zero-order valence-corrected chi connectivity index (χ0v) is 14.3. The second kappa shape index (κ2) is 6.69. The van der Waals surface area contributed by atoms with Crippen molar-refractivity contribution in [1.29, 1.82) is 0 Å². The SMILES string of the molecule is Cc1cc(CN2CC(O)C2)c(C)c(CN2CCCCC2C)c1. The second-order valence-corrected chi connectivity index (χ2v) is 7.37. The van der Waals surface area contributed by atoms with Crippen molar-refractivity contribution < 1.29 is 5.11 Å².